The van der Waals surface area contributed by atoms with Crippen LogP contribution in [-0.4, -0.2) is 6.54 Å². The summed E-state index contributed by atoms with van der Waals surface area (Å²) in [6.45, 7) is 7.48. The van der Waals surface area contributed by atoms with Crippen LogP contribution >= 0.6 is 27.3 Å². The molecule has 0 aliphatic rings. The third-order valence-corrected chi connectivity index (χ3v) is 4.96. The molecule has 1 nitrogen and oxygen atoms in total. The van der Waals surface area contributed by atoms with Gasteiger partial charge in [-0.05, 0) is 54.6 Å². The van der Waals surface area contributed by atoms with Crippen LogP contribution in [0.3, 0.4) is 0 Å². The van der Waals surface area contributed by atoms with E-state index in [0.717, 1.165) is 6.54 Å². The summed E-state index contributed by atoms with van der Waals surface area (Å²) in [5, 5.41) is 5.76. The molecule has 0 aliphatic carbocycles. The molecule has 0 amide bonds. The van der Waals surface area contributed by atoms with Gasteiger partial charge in [-0.3, -0.25) is 0 Å². The molecule has 0 saturated carbocycles. The molecule has 1 aromatic heterocycles. The summed E-state index contributed by atoms with van der Waals surface area (Å²) in [6.07, 6.45) is 0. The normalized spacial score (nSPS) is 12.7. The number of halogens is 1. The van der Waals surface area contributed by atoms with Gasteiger partial charge in [-0.15, -0.1) is 11.3 Å². The Kier molecular flexibility index (Phi) is 4.60. The van der Waals surface area contributed by atoms with Gasteiger partial charge in [0, 0.05) is 9.35 Å². The highest BCUT2D eigenvalue weighted by Gasteiger charge is 2.18. The highest BCUT2D eigenvalue weighted by molar-refractivity contribution is 9.10. The van der Waals surface area contributed by atoms with Crippen LogP contribution in [0.2, 0.25) is 0 Å². The monoisotopic (exact) mass is 323 g/mol. The zero-order chi connectivity index (χ0) is 13.1. The Morgan fingerprint density at radius 1 is 1.22 bits per heavy atom. The van der Waals surface area contributed by atoms with Gasteiger partial charge in [-0.2, -0.15) is 0 Å². The lowest BCUT2D eigenvalue weighted by Crippen LogP contribution is -2.23. The summed E-state index contributed by atoms with van der Waals surface area (Å²) < 4.78 is 1.18. The van der Waals surface area contributed by atoms with Crippen LogP contribution in [0.5, 0.6) is 0 Å². The maximum absolute atomic E-state index is 3.62. The van der Waals surface area contributed by atoms with E-state index in [9.17, 15) is 0 Å². The summed E-state index contributed by atoms with van der Waals surface area (Å²) >= 11 is 5.43. The van der Waals surface area contributed by atoms with Gasteiger partial charge in [0.1, 0.15) is 0 Å². The van der Waals surface area contributed by atoms with Crippen molar-refractivity contribution in [2.75, 3.05) is 6.54 Å². The third kappa shape index (κ3) is 2.68. The van der Waals surface area contributed by atoms with Crippen molar-refractivity contribution in [1.82, 2.24) is 5.32 Å². The lowest BCUT2D eigenvalue weighted by molar-refractivity contribution is 0.627. The molecule has 18 heavy (non-hydrogen) atoms. The predicted molar refractivity (Wildman–Crippen MR) is 83.5 cm³/mol. The van der Waals surface area contributed by atoms with E-state index in [1.807, 2.05) is 11.3 Å². The van der Waals surface area contributed by atoms with Crippen molar-refractivity contribution in [2.24, 2.45) is 0 Å². The fourth-order valence-corrected chi connectivity index (χ4v) is 3.35. The van der Waals surface area contributed by atoms with Gasteiger partial charge >= 0.3 is 0 Å². The maximum Gasteiger partial charge on any atom is 0.0590 e. The molecule has 0 radical (unpaired) electrons. The Labute approximate surface area is 121 Å². The van der Waals surface area contributed by atoms with Crippen LogP contribution in [0.25, 0.3) is 0 Å². The average molecular weight is 324 g/mol. The molecule has 0 fully saturated rings. The molecule has 96 valence electrons. The molecule has 0 spiro atoms. The Hall–Kier alpha value is -0.640. The topological polar surface area (TPSA) is 12.0 Å². The Morgan fingerprint density at radius 3 is 2.61 bits per heavy atom. The summed E-state index contributed by atoms with van der Waals surface area (Å²) in [6, 6.07) is 8.94. The zero-order valence-corrected chi connectivity index (χ0v) is 13.4. The van der Waals surface area contributed by atoms with Crippen LogP contribution < -0.4 is 5.32 Å². The summed E-state index contributed by atoms with van der Waals surface area (Å²) in [5.74, 6) is 0. The van der Waals surface area contributed by atoms with Crippen LogP contribution in [0.15, 0.2) is 34.1 Å². The standard InChI is InChI=1S/C15H18BrNS/c1-4-17-15(13-8-9-18-11(13)3)12-6-5-7-14(16)10(12)2/h5-9,15,17H,4H2,1-3H3. The fraction of sp³-hybridized carbons (Fsp3) is 0.333. The average Bonchev–Trinajstić information content (AvgIpc) is 2.76. The summed E-state index contributed by atoms with van der Waals surface area (Å²) in [5.41, 5.74) is 4.06. The first-order valence-corrected chi connectivity index (χ1v) is 7.84. The van der Waals surface area contributed by atoms with Crippen molar-refractivity contribution in [3.05, 3.63) is 55.7 Å². The number of hydrogen-bond acceptors (Lipinski definition) is 2. The first-order chi connectivity index (χ1) is 8.65. The first-order valence-electron chi connectivity index (χ1n) is 6.17. The van der Waals surface area contributed by atoms with Crippen LogP contribution in [0.4, 0.5) is 0 Å². The van der Waals surface area contributed by atoms with Gasteiger partial charge in [0.05, 0.1) is 6.04 Å². The van der Waals surface area contributed by atoms with Crippen molar-refractivity contribution in [3.8, 4) is 0 Å². The van der Waals surface area contributed by atoms with Crippen molar-refractivity contribution < 1.29 is 0 Å². The lowest BCUT2D eigenvalue weighted by Gasteiger charge is -2.21. The van der Waals surface area contributed by atoms with Gasteiger partial charge in [0.2, 0.25) is 0 Å². The molecule has 1 heterocycles. The van der Waals surface area contributed by atoms with E-state index in [-0.39, 0.29) is 0 Å². The SMILES string of the molecule is CCNC(c1ccsc1C)c1cccc(Br)c1C. The van der Waals surface area contributed by atoms with Crippen molar-refractivity contribution in [1.29, 1.82) is 0 Å². The number of nitrogens with one attached hydrogen (secondary N) is 1. The number of aryl methyl sites for hydroxylation is 1. The number of benzene rings is 1. The molecule has 0 saturated heterocycles. The third-order valence-electron chi connectivity index (χ3n) is 3.24. The van der Waals surface area contributed by atoms with Crippen LogP contribution in [0, 0.1) is 13.8 Å². The van der Waals surface area contributed by atoms with Gasteiger partial charge in [0.15, 0.2) is 0 Å². The highest BCUT2D eigenvalue weighted by atomic mass is 79.9. The second-order valence-electron chi connectivity index (χ2n) is 4.38. The van der Waals surface area contributed by atoms with E-state index in [1.165, 1.54) is 26.0 Å². The summed E-state index contributed by atoms with van der Waals surface area (Å²) in [4.78, 5) is 1.39. The van der Waals surface area contributed by atoms with Crippen LogP contribution in [0.1, 0.15) is 34.5 Å². The largest absolute Gasteiger partial charge is 0.306 e. The lowest BCUT2D eigenvalue weighted by atomic mass is 9.95. The molecule has 0 bridgehead atoms. The molecule has 1 N–H and O–H groups in total. The van der Waals surface area contributed by atoms with E-state index in [4.69, 9.17) is 0 Å². The minimum atomic E-state index is 0.291. The zero-order valence-electron chi connectivity index (χ0n) is 11.0. The van der Waals surface area contributed by atoms with E-state index < -0.39 is 0 Å². The molecule has 2 rings (SSSR count). The highest BCUT2D eigenvalue weighted by Crippen LogP contribution is 2.32. The second-order valence-corrected chi connectivity index (χ2v) is 6.35. The molecular weight excluding hydrogens is 306 g/mol. The molecule has 3 heteroatoms. The minimum absolute atomic E-state index is 0.291. The summed E-state index contributed by atoms with van der Waals surface area (Å²) in [7, 11) is 0. The molecule has 1 atom stereocenters. The van der Waals surface area contributed by atoms with Crippen molar-refractivity contribution >= 4 is 27.3 Å². The second kappa shape index (κ2) is 6.00. The molecular formula is C15H18BrNS. The Balaban J connectivity index is 2.48. The maximum atomic E-state index is 3.62. The number of thiophene rings is 1. The van der Waals surface area contributed by atoms with E-state index in [1.54, 1.807) is 0 Å². The number of rotatable bonds is 4. The van der Waals surface area contributed by atoms with E-state index in [0.29, 0.717) is 6.04 Å². The molecule has 0 aliphatic heterocycles. The fourth-order valence-electron chi connectivity index (χ4n) is 2.22. The molecule has 2 aromatic rings. The van der Waals surface area contributed by atoms with Gasteiger partial charge in [-0.1, -0.05) is 35.0 Å². The van der Waals surface area contributed by atoms with Gasteiger partial charge in [-0.25, -0.2) is 0 Å². The predicted octanol–water partition coefficient (Wildman–Crippen LogP) is 4.83. The minimum Gasteiger partial charge on any atom is -0.306 e. The quantitative estimate of drug-likeness (QED) is 0.850. The van der Waals surface area contributed by atoms with E-state index >= 15 is 0 Å². The molecule has 1 unspecified atom stereocenters. The van der Waals surface area contributed by atoms with Gasteiger partial charge in [0.25, 0.3) is 0 Å². The van der Waals surface area contributed by atoms with E-state index in [2.05, 4.69) is 71.7 Å². The van der Waals surface area contributed by atoms with Crippen LogP contribution in [-0.2, 0) is 0 Å². The Bertz CT molecular complexity index is 533. The van der Waals surface area contributed by atoms with Gasteiger partial charge < -0.3 is 5.32 Å². The first kappa shape index (κ1) is 13.8. The smallest absolute Gasteiger partial charge is 0.0590 e. The van der Waals surface area contributed by atoms with Crippen molar-refractivity contribution in [3.63, 3.8) is 0 Å². The Morgan fingerprint density at radius 2 is 2.00 bits per heavy atom. The van der Waals surface area contributed by atoms with Crippen molar-refractivity contribution in [2.45, 2.75) is 26.8 Å². The number of hydrogen-bond donors (Lipinski definition) is 1. The molecule has 1 aromatic carbocycles.